The van der Waals surface area contributed by atoms with E-state index in [1.165, 1.54) is 4.31 Å². The zero-order chi connectivity index (χ0) is 16.2. The van der Waals surface area contributed by atoms with Crippen molar-refractivity contribution in [3.63, 3.8) is 0 Å². The topological polar surface area (TPSA) is 90.7 Å². The van der Waals surface area contributed by atoms with Gasteiger partial charge in [0.05, 0.1) is 12.6 Å². The van der Waals surface area contributed by atoms with Gasteiger partial charge in [-0.3, -0.25) is 9.58 Å². The zero-order valence-corrected chi connectivity index (χ0v) is 13.9. The van der Waals surface area contributed by atoms with Crippen molar-refractivity contribution in [1.82, 2.24) is 23.7 Å². The van der Waals surface area contributed by atoms with Gasteiger partial charge in [0.2, 0.25) is 0 Å². The number of aliphatic hydroxyl groups excluding tert-OH is 1. The number of aromatic nitrogens is 2. The fraction of sp³-hybridized carbons (Fsp3) is 0.769. The lowest BCUT2D eigenvalue weighted by Gasteiger charge is -2.35. The standard InChI is InChI=1S/C13H25N5O3S/c1-12(2)15-22(20,21)18-8-6-16(7-9-18)10-13(19)11-17-5-3-4-14-17/h3-5,12-13,15,19H,6-11H2,1-2H3. The van der Waals surface area contributed by atoms with E-state index >= 15 is 0 Å². The minimum Gasteiger partial charge on any atom is -0.390 e. The minimum absolute atomic E-state index is 0.112. The number of nitrogens with one attached hydrogen (secondary N) is 1. The minimum atomic E-state index is -3.40. The van der Waals surface area contributed by atoms with Gasteiger partial charge in [0, 0.05) is 51.2 Å². The van der Waals surface area contributed by atoms with Crippen molar-refractivity contribution < 1.29 is 13.5 Å². The van der Waals surface area contributed by atoms with Crippen LogP contribution >= 0.6 is 0 Å². The van der Waals surface area contributed by atoms with Crippen LogP contribution in [0.4, 0.5) is 0 Å². The van der Waals surface area contributed by atoms with E-state index in [1.54, 1.807) is 24.7 Å². The van der Waals surface area contributed by atoms with Gasteiger partial charge in [0.15, 0.2) is 0 Å². The second kappa shape index (κ2) is 7.51. The highest BCUT2D eigenvalue weighted by Crippen LogP contribution is 2.08. The van der Waals surface area contributed by atoms with Crippen LogP contribution in [0.5, 0.6) is 0 Å². The summed E-state index contributed by atoms with van der Waals surface area (Å²) in [6.45, 7) is 6.70. The molecule has 2 N–H and O–H groups in total. The molecule has 1 fully saturated rings. The maximum atomic E-state index is 12.1. The Bertz CT molecular complexity index is 538. The fourth-order valence-electron chi connectivity index (χ4n) is 2.51. The average Bonchev–Trinajstić information content (AvgIpc) is 2.90. The van der Waals surface area contributed by atoms with Crippen LogP contribution in [0.15, 0.2) is 18.5 Å². The van der Waals surface area contributed by atoms with E-state index in [4.69, 9.17) is 0 Å². The molecule has 0 aliphatic carbocycles. The molecule has 0 saturated carbocycles. The zero-order valence-electron chi connectivity index (χ0n) is 13.1. The lowest BCUT2D eigenvalue weighted by Crippen LogP contribution is -2.54. The van der Waals surface area contributed by atoms with Crippen molar-refractivity contribution in [3.05, 3.63) is 18.5 Å². The molecule has 2 rings (SSSR count). The molecule has 1 atom stereocenters. The van der Waals surface area contributed by atoms with E-state index in [0.717, 1.165) is 0 Å². The predicted molar refractivity (Wildman–Crippen MR) is 83.4 cm³/mol. The highest BCUT2D eigenvalue weighted by Gasteiger charge is 2.27. The van der Waals surface area contributed by atoms with Gasteiger partial charge in [-0.25, -0.2) is 0 Å². The van der Waals surface area contributed by atoms with Crippen molar-refractivity contribution in [2.24, 2.45) is 0 Å². The van der Waals surface area contributed by atoms with Gasteiger partial charge in [-0.05, 0) is 19.9 Å². The molecule has 2 heterocycles. The Hall–Kier alpha value is -1.00. The molecular formula is C13H25N5O3S. The third-order valence-corrected chi connectivity index (χ3v) is 5.30. The smallest absolute Gasteiger partial charge is 0.279 e. The van der Waals surface area contributed by atoms with Crippen LogP contribution in [0.1, 0.15) is 13.8 Å². The number of rotatable bonds is 7. The normalized spacial score (nSPS) is 19.6. The lowest BCUT2D eigenvalue weighted by molar-refractivity contribution is 0.0781. The number of aliphatic hydroxyl groups is 1. The van der Waals surface area contributed by atoms with Gasteiger partial charge >= 0.3 is 0 Å². The summed E-state index contributed by atoms with van der Waals surface area (Å²) in [4.78, 5) is 2.08. The maximum Gasteiger partial charge on any atom is 0.279 e. The molecule has 0 aromatic carbocycles. The van der Waals surface area contributed by atoms with Crippen LogP contribution in [0.2, 0.25) is 0 Å². The van der Waals surface area contributed by atoms with Crippen LogP contribution in [0, 0.1) is 0 Å². The Kier molecular flexibility index (Phi) is 5.93. The first-order valence-corrected chi connectivity index (χ1v) is 8.96. The van der Waals surface area contributed by atoms with Crippen LogP contribution in [0.25, 0.3) is 0 Å². The SMILES string of the molecule is CC(C)NS(=O)(=O)N1CCN(CC(O)Cn2cccn2)CC1. The lowest BCUT2D eigenvalue weighted by atomic mass is 10.3. The van der Waals surface area contributed by atoms with E-state index in [-0.39, 0.29) is 6.04 Å². The third kappa shape index (κ3) is 5.03. The monoisotopic (exact) mass is 331 g/mol. The van der Waals surface area contributed by atoms with E-state index < -0.39 is 16.3 Å². The average molecular weight is 331 g/mol. The molecule has 0 bridgehead atoms. The summed E-state index contributed by atoms with van der Waals surface area (Å²) in [6.07, 6.45) is 2.97. The Labute approximate surface area is 131 Å². The molecule has 1 unspecified atom stereocenters. The quantitative estimate of drug-likeness (QED) is 0.676. The molecule has 1 saturated heterocycles. The van der Waals surface area contributed by atoms with E-state index in [0.29, 0.717) is 39.3 Å². The molecule has 1 aromatic rings. The summed E-state index contributed by atoms with van der Waals surface area (Å²) in [6, 6.07) is 1.71. The first-order valence-electron chi connectivity index (χ1n) is 7.52. The molecule has 126 valence electrons. The number of hydrogen-bond donors (Lipinski definition) is 2. The van der Waals surface area contributed by atoms with E-state index in [2.05, 4.69) is 14.7 Å². The van der Waals surface area contributed by atoms with Gasteiger partial charge in [-0.1, -0.05) is 0 Å². The summed E-state index contributed by atoms with van der Waals surface area (Å²) >= 11 is 0. The van der Waals surface area contributed by atoms with Crippen molar-refractivity contribution in [3.8, 4) is 0 Å². The Morgan fingerprint density at radius 3 is 2.45 bits per heavy atom. The second-order valence-electron chi connectivity index (χ2n) is 5.86. The largest absolute Gasteiger partial charge is 0.390 e. The molecule has 22 heavy (non-hydrogen) atoms. The van der Waals surface area contributed by atoms with Crippen LogP contribution in [-0.4, -0.2) is 77.4 Å². The van der Waals surface area contributed by atoms with E-state index in [1.807, 2.05) is 12.3 Å². The Morgan fingerprint density at radius 2 is 1.91 bits per heavy atom. The summed E-state index contributed by atoms with van der Waals surface area (Å²) in [5, 5.41) is 14.1. The molecule has 1 aromatic heterocycles. The van der Waals surface area contributed by atoms with E-state index in [9.17, 15) is 13.5 Å². The van der Waals surface area contributed by atoms with Crippen LogP contribution < -0.4 is 4.72 Å². The first kappa shape index (κ1) is 17.4. The third-order valence-electron chi connectivity index (χ3n) is 3.48. The maximum absolute atomic E-state index is 12.1. The van der Waals surface area contributed by atoms with Gasteiger partial charge in [-0.15, -0.1) is 0 Å². The summed E-state index contributed by atoms with van der Waals surface area (Å²) in [7, 11) is -3.40. The van der Waals surface area contributed by atoms with Gasteiger partial charge in [0.1, 0.15) is 0 Å². The Balaban J connectivity index is 1.77. The second-order valence-corrected chi connectivity index (χ2v) is 7.56. The molecular weight excluding hydrogens is 306 g/mol. The van der Waals surface area contributed by atoms with Crippen molar-refractivity contribution in [1.29, 1.82) is 0 Å². The van der Waals surface area contributed by atoms with Gasteiger partial charge < -0.3 is 5.11 Å². The molecule has 0 spiro atoms. The van der Waals surface area contributed by atoms with Crippen LogP contribution in [0.3, 0.4) is 0 Å². The fourth-order valence-corrected chi connectivity index (χ4v) is 3.89. The number of hydrogen-bond acceptors (Lipinski definition) is 5. The summed E-state index contributed by atoms with van der Waals surface area (Å²) < 4.78 is 29.9. The molecule has 1 aliphatic heterocycles. The molecule has 0 amide bonds. The van der Waals surface area contributed by atoms with Crippen molar-refractivity contribution in [2.75, 3.05) is 32.7 Å². The number of β-amino-alcohol motifs (C(OH)–C–C–N with tert-alkyl or cyclic N) is 1. The summed E-state index contributed by atoms with van der Waals surface area (Å²) in [5.41, 5.74) is 0. The van der Waals surface area contributed by atoms with Gasteiger partial charge in [-0.2, -0.15) is 22.5 Å². The number of nitrogens with zero attached hydrogens (tertiary/aromatic N) is 4. The predicted octanol–water partition coefficient (Wildman–Crippen LogP) is -0.896. The first-order chi connectivity index (χ1) is 10.4. The summed E-state index contributed by atoms with van der Waals surface area (Å²) in [5.74, 6) is 0. The van der Waals surface area contributed by atoms with Gasteiger partial charge in [0.25, 0.3) is 10.2 Å². The highest BCUT2D eigenvalue weighted by molar-refractivity contribution is 7.87. The highest BCUT2D eigenvalue weighted by atomic mass is 32.2. The van der Waals surface area contributed by atoms with Crippen molar-refractivity contribution >= 4 is 10.2 Å². The molecule has 9 heteroatoms. The Morgan fingerprint density at radius 1 is 1.23 bits per heavy atom. The molecule has 1 aliphatic rings. The number of piperazine rings is 1. The van der Waals surface area contributed by atoms with Crippen molar-refractivity contribution in [2.45, 2.75) is 32.5 Å². The molecule has 0 radical (unpaired) electrons. The van der Waals surface area contributed by atoms with Crippen LogP contribution in [-0.2, 0) is 16.8 Å². The molecule has 8 nitrogen and oxygen atoms in total.